The number of likely N-dealkylation sites (N-methyl/N-ethyl adjacent to an activating group) is 1. The summed E-state index contributed by atoms with van der Waals surface area (Å²) in [6.45, 7) is 3.26. The molecule has 0 aromatic heterocycles. The average molecular weight is 241 g/mol. The van der Waals surface area contributed by atoms with Crippen molar-refractivity contribution in [3.8, 4) is 5.75 Å². The van der Waals surface area contributed by atoms with Gasteiger partial charge in [-0.3, -0.25) is 9.69 Å². The molecule has 0 aliphatic rings. The van der Waals surface area contributed by atoms with Gasteiger partial charge in [-0.05, 0) is 27.0 Å². The molecular weight excluding hydrogens is 225 g/mol. The molecule has 0 saturated carbocycles. The standard InChI is InChI=1S/C12H16FNO3/c1-7(14(3)8(2)12(16)17)10-5-4-9(15)6-11(10)13/h4-8,15H,1-3H3,(H,16,17). The van der Waals surface area contributed by atoms with Crippen LogP contribution in [-0.2, 0) is 4.79 Å². The molecule has 4 nitrogen and oxygen atoms in total. The number of nitrogens with zero attached hydrogens (tertiary/aromatic N) is 1. The summed E-state index contributed by atoms with van der Waals surface area (Å²) >= 11 is 0. The van der Waals surface area contributed by atoms with Gasteiger partial charge in [-0.25, -0.2) is 4.39 Å². The molecule has 0 radical (unpaired) electrons. The first-order chi connectivity index (χ1) is 7.84. The SMILES string of the molecule is CC(C(=O)O)N(C)C(C)c1ccc(O)cc1F. The second-order valence-corrected chi connectivity index (χ2v) is 4.06. The quantitative estimate of drug-likeness (QED) is 0.846. The summed E-state index contributed by atoms with van der Waals surface area (Å²) in [5.74, 6) is -1.65. The van der Waals surface area contributed by atoms with Crippen LogP contribution in [0.5, 0.6) is 5.75 Å². The Morgan fingerprint density at radius 1 is 1.41 bits per heavy atom. The first-order valence-electron chi connectivity index (χ1n) is 5.27. The summed E-state index contributed by atoms with van der Waals surface area (Å²) in [7, 11) is 1.62. The number of phenols is 1. The Bertz CT molecular complexity index is 422. The number of carboxylic acids is 1. The number of aliphatic carboxylic acids is 1. The third-order valence-corrected chi connectivity index (χ3v) is 3.01. The van der Waals surface area contributed by atoms with E-state index in [4.69, 9.17) is 10.2 Å². The van der Waals surface area contributed by atoms with Crippen molar-refractivity contribution in [2.75, 3.05) is 7.05 Å². The highest BCUT2D eigenvalue weighted by Gasteiger charge is 2.24. The van der Waals surface area contributed by atoms with E-state index in [1.807, 2.05) is 0 Å². The third-order valence-electron chi connectivity index (χ3n) is 3.01. The maximum absolute atomic E-state index is 13.6. The van der Waals surface area contributed by atoms with Crippen LogP contribution in [-0.4, -0.2) is 34.2 Å². The van der Waals surface area contributed by atoms with E-state index in [1.54, 1.807) is 18.9 Å². The van der Waals surface area contributed by atoms with E-state index in [1.165, 1.54) is 19.1 Å². The van der Waals surface area contributed by atoms with E-state index in [0.29, 0.717) is 5.56 Å². The number of benzene rings is 1. The van der Waals surface area contributed by atoms with Crippen molar-refractivity contribution in [1.82, 2.24) is 4.90 Å². The van der Waals surface area contributed by atoms with Crippen LogP contribution in [0.2, 0.25) is 0 Å². The van der Waals surface area contributed by atoms with Gasteiger partial charge in [0, 0.05) is 17.7 Å². The molecule has 2 unspecified atom stereocenters. The van der Waals surface area contributed by atoms with E-state index in [0.717, 1.165) is 6.07 Å². The maximum atomic E-state index is 13.6. The first kappa shape index (κ1) is 13.4. The fourth-order valence-electron chi connectivity index (χ4n) is 1.58. The lowest BCUT2D eigenvalue weighted by atomic mass is 10.0. The zero-order chi connectivity index (χ0) is 13.2. The summed E-state index contributed by atoms with van der Waals surface area (Å²) in [5.41, 5.74) is 0.360. The zero-order valence-corrected chi connectivity index (χ0v) is 10.0. The monoisotopic (exact) mass is 241 g/mol. The molecule has 0 bridgehead atoms. The van der Waals surface area contributed by atoms with Crippen LogP contribution in [0.15, 0.2) is 18.2 Å². The van der Waals surface area contributed by atoms with Gasteiger partial charge in [0.05, 0.1) is 0 Å². The molecule has 1 aromatic rings. The predicted octanol–water partition coefficient (Wildman–Crippen LogP) is 2.00. The molecule has 0 spiro atoms. The first-order valence-corrected chi connectivity index (χ1v) is 5.27. The molecule has 5 heteroatoms. The minimum Gasteiger partial charge on any atom is -0.508 e. The van der Waals surface area contributed by atoms with E-state index in [2.05, 4.69) is 0 Å². The van der Waals surface area contributed by atoms with Gasteiger partial charge in [-0.1, -0.05) is 6.07 Å². The van der Waals surface area contributed by atoms with Gasteiger partial charge < -0.3 is 10.2 Å². The van der Waals surface area contributed by atoms with Crippen LogP contribution in [0.1, 0.15) is 25.5 Å². The van der Waals surface area contributed by atoms with Gasteiger partial charge in [-0.2, -0.15) is 0 Å². The summed E-state index contributed by atoms with van der Waals surface area (Å²) in [4.78, 5) is 12.4. The predicted molar refractivity (Wildman–Crippen MR) is 61.3 cm³/mol. The number of aromatic hydroxyl groups is 1. The van der Waals surface area contributed by atoms with Gasteiger partial charge in [0.1, 0.15) is 17.6 Å². The minimum atomic E-state index is -0.960. The van der Waals surface area contributed by atoms with Crippen molar-refractivity contribution >= 4 is 5.97 Å². The Balaban J connectivity index is 2.96. The maximum Gasteiger partial charge on any atom is 0.320 e. The van der Waals surface area contributed by atoms with E-state index in [-0.39, 0.29) is 11.8 Å². The molecule has 0 fully saturated rings. The summed E-state index contributed by atoms with van der Waals surface area (Å²) in [6, 6.07) is 2.76. The fourth-order valence-corrected chi connectivity index (χ4v) is 1.58. The van der Waals surface area contributed by atoms with Crippen LogP contribution in [0, 0.1) is 5.82 Å². The van der Waals surface area contributed by atoms with Crippen LogP contribution in [0.4, 0.5) is 4.39 Å². The van der Waals surface area contributed by atoms with Gasteiger partial charge in [0.2, 0.25) is 0 Å². The van der Waals surface area contributed by atoms with Gasteiger partial charge >= 0.3 is 5.97 Å². The highest BCUT2D eigenvalue weighted by atomic mass is 19.1. The minimum absolute atomic E-state index is 0.146. The number of hydrogen-bond donors (Lipinski definition) is 2. The van der Waals surface area contributed by atoms with Crippen molar-refractivity contribution in [3.05, 3.63) is 29.6 Å². The van der Waals surface area contributed by atoms with Crippen LogP contribution >= 0.6 is 0 Å². The lowest BCUT2D eigenvalue weighted by molar-refractivity contribution is -0.142. The number of hydrogen-bond acceptors (Lipinski definition) is 3. The number of carboxylic acid groups (broad SMARTS) is 1. The number of halogens is 1. The van der Waals surface area contributed by atoms with Crippen LogP contribution in [0.3, 0.4) is 0 Å². The third kappa shape index (κ3) is 2.94. The van der Waals surface area contributed by atoms with Gasteiger partial charge in [0.15, 0.2) is 0 Å². The lowest BCUT2D eigenvalue weighted by Crippen LogP contribution is -2.37. The van der Waals surface area contributed by atoms with Crippen molar-refractivity contribution in [3.63, 3.8) is 0 Å². The number of phenolic OH excluding ortho intramolecular Hbond substituents is 1. The Morgan fingerprint density at radius 2 is 2.00 bits per heavy atom. The molecule has 0 aliphatic heterocycles. The molecule has 1 rings (SSSR count). The molecule has 0 aliphatic carbocycles. The number of rotatable bonds is 4. The molecule has 2 N–H and O–H groups in total. The van der Waals surface area contributed by atoms with Crippen molar-refractivity contribution in [1.29, 1.82) is 0 Å². The van der Waals surface area contributed by atoms with Gasteiger partial charge in [0.25, 0.3) is 0 Å². The molecule has 17 heavy (non-hydrogen) atoms. The Labute approximate surface area is 99.3 Å². The highest BCUT2D eigenvalue weighted by molar-refractivity contribution is 5.72. The van der Waals surface area contributed by atoms with Crippen molar-refractivity contribution in [2.24, 2.45) is 0 Å². The van der Waals surface area contributed by atoms with Crippen molar-refractivity contribution in [2.45, 2.75) is 25.9 Å². The number of carbonyl (C=O) groups is 1. The largest absolute Gasteiger partial charge is 0.508 e. The zero-order valence-electron chi connectivity index (χ0n) is 10.0. The van der Waals surface area contributed by atoms with Crippen LogP contribution < -0.4 is 0 Å². The molecule has 1 aromatic carbocycles. The summed E-state index contributed by atoms with van der Waals surface area (Å²) in [5, 5.41) is 18.0. The summed E-state index contributed by atoms with van der Waals surface area (Å²) < 4.78 is 13.6. The molecule has 0 heterocycles. The Morgan fingerprint density at radius 3 is 2.47 bits per heavy atom. The average Bonchev–Trinajstić information content (AvgIpc) is 2.26. The highest BCUT2D eigenvalue weighted by Crippen LogP contribution is 2.25. The van der Waals surface area contributed by atoms with E-state index < -0.39 is 17.8 Å². The molecule has 2 atom stereocenters. The second kappa shape index (κ2) is 5.14. The topological polar surface area (TPSA) is 60.8 Å². The normalized spacial score (nSPS) is 14.6. The lowest BCUT2D eigenvalue weighted by Gasteiger charge is -2.28. The molecule has 0 amide bonds. The van der Waals surface area contributed by atoms with E-state index >= 15 is 0 Å². The molecule has 0 saturated heterocycles. The van der Waals surface area contributed by atoms with E-state index in [9.17, 15) is 9.18 Å². The smallest absolute Gasteiger partial charge is 0.320 e. The Kier molecular flexibility index (Phi) is 4.07. The van der Waals surface area contributed by atoms with Crippen LogP contribution in [0.25, 0.3) is 0 Å². The summed E-state index contributed by atoms with van der Waals surface area (Å²) in [6.07, 6.45) is 0. The second-order valence-electron chi connectivity index (χ2n) is 4.06. The molecular formula is C12H16FNO3. The molecule has 94 valence electrons. The van der Waals surface area contributed by atoms with Crippen molar-refractivity contribution < 1.29 is 19.4 Å². The Hall–Kier alpha value is -1.62. The fraction of sp³-hybridized carbons (Fsp3) is 0.417. The van der Waals surface area contributed by atoms with Gasteiger partial charge in [-0.15, -0.1) is 0 Å².